The Morgan fingerprint density at radius 2 is 2.04 bits per heavy atom. The Hall–Kier alpha value is -1.97. The van der Waals surface area contributed by atoms with Crippen molar-refractivity contribution in [2.45, 2.75) is 26.7 Å². The summed E-state index contributed by atoms with van der Waals surface area (Å²) < 4.78 is 32.2. The van der Waals surface area contributed by atoms with Crippen LogP contribution in [0.1, 0.15) is 35.7 Å². The van der Waals surface area contributed by atoms with Crippen LogP contribution in [0.4, 0.5) is 5.69 Å². The van der Waals surface area contributed by atoms with Gasteiger partial charge in [-0.1, -0.05) is 6.07 Å². The third kappa shape index (κ3) is 4.85. The molecule has 1 amide bonds. The van der Waals surface area contributed by atoms with Crippen molar-refractivity contribution in [3.63, 3.8) is 0 Å². The minimum atomic E-state index is -3.55. The van der Waals surface area contributed by atoms with E-state index in [4.69, 9.17) is 4.74 Å². The summed E-state index contributed by atoms with van der Waals surface area (Å²) in [7, 11) is -0.595. The molecule has 0 spiro atoms. The second kappa shape index (κ2) is 8.81. The molecule has 1 N–H and O–H groups in total. The van der Waals surface area contributed by atoms with E-state index >= 15 is 0 Å². The van der Waals surface area contributed by atoms with Gasteiger partial charge in [-0.15, -0.1) is 0 Å². The molecule has 1 heterocycles. The molecule has 8 nitrogen and oxygen atoms in total. The Balaban J connectivity index is 2.13. The van der Waals surface area contributed by atoms with Crippen molar-refractivity contribution in [3.8, 4) is 0 Å². The maximum atomic E-state index is 12.7. The lowest BCUT2D eigenvalue weighted by Gasteiger charge is -2.32. The van der Waals surface area contributed by atoms with Gasteiger partial charge in [0.2, 0.25) is 5.91 Å². The lowest BCUT2D eigenvalue weighted by atomic mass is 9.98. The summed E-state index contributed by atoms with van der Waals surface area (Å²) in [5.41, 5.74) is 1.55. The first kappa shape index (κ1) is 21.3. The van der Waals surface area contributed by atoms with Crippen LogP contribution in [-0.2, 0) is 19.7 Å². The van der Waals surface area contributed by atoms with Crippen LogP contribution in [0.15, 0.2) is 18.2 Å². The zero-order valence-electron chi connectivity index (χ0n) is 16.2. The van der Waals surface area contributed by atoms with Gasteiger partial charge in [-0.3, -0.25) is 4.79 Å². The Kier molecular flexibility index (Phi) is 6.96. The van der Waals surface area contributed by atoms with Crippen LogP contribution in [0.5, 0.6) is 0 Å². The van der Waals surface area contributed by atoms with E-state index in [1.54, 1.807) is 32.0 Å². The largest absolute Gasteiger partial charge is 0.462 e. The van der Waals surface area contributed by atoms with Crippen LogP contribution in [0.3, 0.4) is 0 Å². The Morgan fingerprint density at radius 1 is 1.33 bits per heavy atom. The highest BCUT2D eigenvalue weighted by atomic mass is 32.2. The second-order valence-electron chi connectivity index (χ2n) is 6.68. The number of carbonyl (C=O) groups excluding carboxylic acids is 2. The minimum absolute atomic E-state index is 0.142. The number of esters is 1. The third-order valence-corrected chi connectivity index (χ3v) is 6.54. The lowest BCUT2D eigenvalue weighted by Crippen LogP contribution is -2.47. The fourth-order valence-corrected chi connectivity index (χ4v) is 4.22. The van der Waals surface area contributed by atoms with E-state index in [0.29, 0.717) is 36.2 Å². The zero-order chi connectivity index (χ0) is 20.2. The number of hydrogen-bond donors (Lipinski definition) is 1. The Labute approximate surface area is 160 Å². The van der Waals surface area contributed by atoms with Crippen molar-refractivity contribution in [2.75, 3.05) is 39.1 Å². The first-order valence-electron chi connectivity index (χ1n) is 8.93. The number of anilines is 1. The van der Waals surface area contributed by atoms with E-state index in [1.165, 1.54) is 18.4 Å². The SMILES string of the molecule is CCOC(=O)c1cccc(NC(=O)[C@H]2CCCN(S(=O)(=O)N(C)C)C2)c1C. The number of benzene rings is 1. The van der Waals surface area contributed by atoms with Crippen LogP contribution in [0.25, 0.3) is 0 Å². The molecular weight excluding hydrogens is 370 g/mol. The molecule has 0 saturated carbocycles. The summed E-state index contributed by atoms with van der Waals surface area (Å²) in [5.74, 6) is -1.14. The quantitative estimate of drug-likeness (QED) is 0.736. The molecule has 0 radical (unpaired) electrons. The molecule has 1 atom stereocenters. The number of nitrogens with zero attached hydrogens (tertiary/aromatic N) is 2. The molecular formula is C18H27N3O5S. The average Bonchev–Trinajstić information content (AvgIpc) is 2.63. The summed E-state index contributed by atoms with van der Waals surface area (Å²) >= 11 is 0. The highest BCUT2D eigenvalue weighted by Gasteiger charge is 2.33. The summed E-state index contributed by atoms with van der Waals surface area (Å²) in [5, 5.41) is 2.84. The van der Waals surface area contributed by atoms with Gasteiger partial charge in [-0.25, -0.2) is 4.79 Å². The summed E-state index contributed by atoms with van der Waals surface area (Å²) in [6, 6.07) is 5.04. The maximum Gasteiger partial charge on any atom is 0.338 e. The van der Waals surface area contributed by atoms with E-state index in [-0.39, 0.29) is 19.1 Å². The van der Waals surface area contributed by atoms with Crippen LogP contribution >= 0.6 is 0 Å². The Bertz CT molecular complexity index is 807. The standard InChI is InChI=1S/C18H27N3O5S/c1-5-26-18(23)15-9-6-10-16(13(15)2)19-17(22)14-8-7-11-21(12-14)27(24,25)20(3)4/h6,9-10,14H,5,7-8,11-12H2,1-4H3,(H,19,22)/t14-/m0/s1. The first-order valence-corrected chi connectivity index (χ1v) is 10.3. The zero-order valence-corrected chi connectivity index (χ0v) is 17.0. The van der Waals surface area contributed by atoms with Gasteiger partial charge < -0.3 is 10.1 Å². The van der Waals surface area contributed by atoms with Gasteiger partial charge in [0.05, 0.1) is 18.1 Å². The Morgan fingerprint density at radius 3 is 2.67 bits per heavy atom. The van der Waals surface area contributed by atoms with Gasteiger partial charge in [0.15, 0.2) is 0 Å². The third-order valence-electron chi connectivity index (χ3n) is 4.63. The van der Waals surface area contributed by atoms with Crippen molar-refractivity contribution in [1.82, 2.24) is 8.61 Å². The fourth-order valence-electron chi connectivity index (χ4n) is 3.03. The molecule has 1 aliphatic rings. The molecule has 1 aromatic rings. The predicted molar refractivity (Wildman–Crippen MR) is 103 cm³/mol. The van der Waals surface area contributed by atoms with Gasteiger partial charge in [-0.05, 0) is 44.4 Å². The summed E-state index contributed by atoms with van der Waals surface area (Å²) in [6.45, 7) is 4.29. The van der Waals surface area contributed by atoms with Crippen molar-refractivity contribution < 1.29 is 22.7 Å². The number of piperidine rings is 1. The van der Waals surface area contributed by atoms with Crippen LogP contribution < -0.4 is 5.32 Å². The molecule has 1 saturated heterocycles. The predicted octanol–water partition coefficient (Wildman–Crippen LogP) is 1.63. The molecule has 0 unspecified atom stereocenters. The van der Waals surface area contributed by atoms with Crippen molar-refractivity contribution in [3.05, 3.63) is 29.3 Å². The van der Waals surface area contributed by atoms with Gasteiger partial charge in [-0.2, -0.15) is 17.0 Å². The normalized spacial score (nSPS) is 18.3. The van der Waals surface area contributed by atoms with Crippen molar-refractivity contribution >= 4 is 27.8 Å². The molecule has 1 fully saturated rings. The molecule has 2 rings (SSSR count). The van der Waals surface area contributed by atoms with E-state index in [9.17, 15) is 18.0 Å². The van der Waals surface area contributed by atoms with Crippen LogP contribution in [0, 0.1) is 12.8 Å². The number of carbonyl (C=O) groups is 2. The highest BCUT2D eigenvalue weighted by Crippen LogP contribution is 2.24. The van der Waals surface area contributed by atoms with Gasteiger partial charge in [0.25, 0.3) is 10.2 Å². The molecule has 0 aromatic heterocycles. The minimum Gasteiger partial charge on any atom is -0.462 e. The van der Waals surface area contributed by atoms with Gasteiger partial charge >= 0.3 is 5.97 Å². The van der Waals surface area contributed by atoms with Crippen molar-refractivity contribution in [2.24, 2.45) is 5.92 Å². The number of amides is 1. The van der Waals surface area contributed by atoms with Crippen LogP contribution in [-0.4, -0.2) is 62.7 Å². The first-order chi connectivity index (χ1) is 12.7. The van der Waals surface area contributed by atoms with E-state index in [2.05, 4.69) is 5.32 Å². The van der Waals surface area contributed by atoms with Crippen LogP contribution in [0.2, 0.25) is 0 Å². The number of nitrogens with one attached hydrogen (secondary N) is 1. The molecule has 0 aliphatic carbocycles. The molecule has 150 valence electrons. The highest BCUT2D eigenvalue weighted by molar-refractivity contribution is 7.86. The lowest BCUT2D eigenvalue weighted by molar-refractivity contribution is -0.120. The molecule has 27 heavy (non-hydrogen) atoms. The second-order valence-corrected chi connectivity index (χ2v) is 8.82. The smallest absolute Gasteiger partial charge is 0.338 e. The van der Waals surface area contributed by atoms with E-state index in [1.807, 2.05) is 0 Å². The fraction of sp³-hybridized carbons (Fsp3) is 0.556. The molecule has 0 bridgehead atoms. The van der Waals surface area contributed by atoms with Crippen molar-refractivity contribution in [1.29, 1.82) is 0 Å². The summed E-state index contributed by atoms with van der Waals surface area (Å²) in [4.78, 5) is 24.7. The monoisotopic (exact) mass is 397 g/mol. The number of hydrogen-bond acceptors (Lipinski definition) is 5. The van der Waals surface area contributed by atoms with Gasteiger partial charge in [0, 0.05) is 32.9 Å². The maximum absolute atomic E-state index is 12.7. The molecule has 1 aliphatic heterocycles. The molecule has 9 heteroatoms. The number of rotatable bonds is 6. The topological polar surface area (TPSA) is 96.0 Å². The van der Waals surface area contributed by atoms with Gasteiger partial charge in [0.1, 0.15) is 0 Å². The summed E-state index contributed by atoms with van der Waals surface area (Å²) in [6.07, 6.45) is 1.23. The van der Waals surface area contributed by atoms with E-state index in [0.717, 1.165) is 4.31 Å². The molecule has 1 aromatic carbocycles. The van der Waals surface area contributed by atoms with E-state index < -0.39 is 22.1 Å². The average molecular weight is 397 g/mol. The number of ether oxygens (including phenoxy) is 1.